The monoisotopic (exact) mass is 356 g/mol. The molecule has 0 saturated heterocycles. The van der Waals surface area contributed by atoms with Gasteiger partial charge in [-0.15, -0.1) is 0 Å². The summed E-state index contributed by atoms with van der Waals surface area (Å²) in [4.78, 5) is 0. The molecule has 144 valence electrons. The first kappa shape index (κ1) is 22.1. The lowest BCUT2D eigenvalue weighted by atomic mass is 9.94. The van der Waals surface area contributed by atoms with Crippen LogP contribution in [-0.2, 0) is 0 Å². The van der Waals surface area contributed by atoms with Gasteiger partial charge >= 0.3 is 0 Å². The van der Waals surface area contributed by atoms with Crippen LogP contribution in [0.2, 0.25) is 0 Å². The maximum Gasteiger partial charge on any atom is 0.122 e. The van der Waals surface area contributed by atoms with Gasteiger partial charge in [-0.05, 0) is 45.9 Å². The summed E-state index contributed by atoms with van der Waals surface area (Å²) in [5.41, 5.74) is 4.19. The quantitative estimate of drug-likeness (QED) is 0.604. The van der Waals surface area contributed by atoms with E-state index in [0.717, 1.165) is 22.3 Å². The van der Waals surface area contributed by atoms with Gasteiger partial charge in [-0.3, -0.25) is 0 Å². The number of hydrogen-bond donors (Lipinski definition) is 2. The van der Waals surface area contributed by atoms with Crippen molar-refractivity contribution in [1.82, 2.24) is 0 Å². The van der Waals surface area contributed by atoms with Crippen LogP contribution in [0.5, 0.6) is 11.5 Å². The molecule has 0 heterocycles. The van der Waals surface area contributed by atoms with Crippen LogP contribution < -0.4 is 0 Å². The van der Waals surface area contributed by atoms with Crippen molar-refractivity contribution in [2.45, 2.75) is 79.1 Å². The van der Waals surface area contributed by atoms with E-state index in [0.29, 0.717) is 35.2 Å². The average molecular weight is 357 g/mol. The molecule has 2 nitrogen and oxygen atoms in total. The summed E-state index contributed by atoms with van der Waals surface area (Å²) in [6.07, 6.45) is 0. The molecular weight excluding hydrogens is 320 g/mol. The fraction of sp³-hybridized carbons (Fsp3) is 0.500. The molecule has 0 spiro atoms. The molecule has 0 unspecified atom stereocenters. The van der Waals surface area contributed by atoms with Crippen LogP contribution in [0.1, 0.15) is 101 Å². The molecule has 2 rings (SSSR count). The largest absolute Gasteiger partial charge is 0.507 e. The second kappa shape index (κ2) is 9.66. The zero-order chi connectivity index (χ0) is 20.0. The van der Waals surface area contributed by atoms with E-state index in [4.69, 9.17) is 0 Å². The smallest absolute Gasteiger partial charge is 0.122 e. The number of benzene rings is 2. The molecule has 0 aliphatic rings. The number of para-hydroxylation sites is 2. The third-order valence-corrected chi connectivity index (χ3v) is 4.68. The Morgan fingerprint density at radius 2 is 0.654 bits per heavy atom. The maximum atomic E-state index is 9.93. The molecule has 0 amide bonds. The molecule has 0 atom stereocenters. The highest BCUT2D eigenvalue weighted by Gasteiger charge is 2.12. The SMILES string of the molecule is CC(C)c1cccc(C(C)C)c1O.CC(C)c1cccc(C(C)C)c1O. The minimum absolute atomic E-state index is 0.388. The second-order valence-corrected chi connectivity index (χ2v) is 8.19. The van der Waals surface area contributed by atoms with E-state index in [2.05, 4.69) is 55.4 Å². The Labute approximate surface area is 159 Å². The summed E-state index contributed by atoms with van der Waals surface area (Å²) < 4.78 is 0. The molecule has 26 heavy (non-hydrogen) atoms. The molecule has 2 N–H and O–H groups in total. The highest BCUT2D eigenvalue weighted by molar-refractivity contribution is 5.44. The van der Waals surface area contributed by atoms with Gasteiger partial charge in [0.15, 0.2) is 0 Å². The molecular formula is C24H36O2. The van der Waals surface area contributed by atoms with Crippen molar-refractivity contribution < 1.29 is 10.2 Å². The Bertz CT molecular complexity index is 583. The van der Waals surface area contributed by atoms with Crippen LogP contribution in [0.3, 0.4) is 0 Å². The molecule has 0 bridgehead atoms. The van der Waals surface area contributed by atoms with E-state index in [1.807, 2.05) is 36.4 Å². The third-order valence-electron chi connectivity index (χ3n) is 4.68. The van der Waals surface area contributed by atoms with Crippen molar-refractivity contribution in [3.05, 3.63) is 58.7 Å². The van der Waals surface area contributed by atoms with Crippen LogP contribution in [-0.4, -0.2) is 10.2 Å². The van der Waals surface area contributed by atoms with E-state index in [-0.39, 0.29) is 0 Å². The van der Waals surface area contributed by atoms with Gasteiger partial charge in [0.25, 0.3) is 0 Å². The van der Waals surface area contributed by atoms with Gasteiger partial charge in [0, 0.05) is 0 Å². The van der Waals surface area contributed by atoms with Crippen molar-refractivity contribution in [3.63, 3.8) is 0 Å². The highest BCUT2D eigenvalue weighted by Crippen LogP contribution is 2.33. The Morgan fingerprint density at radius 3 is 0.808 bits per heavy atom. The Hall–Kier alpha value is -1.96. The highest BCUT2D eigenvalue weighted by atomic mass is 16.3. The third kappa shape index (κ3) is 5.52. The lowest BCUT2D eigenvalue weighted by molar-refractivity contribution is 0.454. The standard InChI is InChI=1S/2C12H18O/c2*1-8(2)10-6-5-7-11(9(3)4)12(10)13/h2*5-9,13H,1-4H3. The number of rotatable bonds is 4. The molecule has 0 aliphatic heterocycles. The van der Waals surface area contributed by atoms with Crippen molar-refractivity contribution in [3.8, 4) is 11.5 Å². The summed E-state index contributed by atoms with van der Waals surface area (Å²) in [5, 5.41) is 19.9. The molecule has 0 saturated carbocycles. The molecule has 0 radical (unpaired) electrons. The molecule has 0 aromatic heterocycles. The van der Waals surface area contributed by atoms with E-state index in [9.17, 15) is 10.2 Å². The summed E-state index contributed by atoms with van der Waals surface area (Å²) >= 11 is 0. The van der Waals surface area contributed by atoms with E-state index in [1.165, 1.54) is 0 Å². The van der Waals surface area contributed by atoms with E-state index >= 15 is 0 Å². The van der Waals surface area contributed by atoms with Crippen molar-refractivity contribution >= 4 is 0 Å². The fourth-order valence-electron chi connectivity index (χ4n) is 3.02. The molecule has 2 aromatic carbocycles. The summed E-state index contributed by atoms with van der Waals surface area (Å²) in [6.45, 7) is 16.8. The van der Waals surface area contributed by atoms with Gasteiger partial charge in [-0.25, -0.2) is 0 Å². The van der Waals surface area contributed by atoms with Crippen molar-refractivity contribution in [1.29, 1.82) is 0 Å². The lowest BCUT2D eigenvalue weighted by Crippen LogP contribution is -1.94. The number of phenols is 2. The topological polar surface area (TPSA) is 40.5 Å². The first-order valence-electron chi connectivity index (χ1n) is 9.71. The van der Waals surface area contributed by atoms with Gasteiger partial charge in [0.05, 0.1) is 0 Å². The molecule has 0 fully saturated rings. The molecule has 0 aliphatic carbocycles. The van der Waals surface area contributed by atoms with Gasteiger partial charge in [0.1, 0.15) is 11.5 Å². The summed E-state index contributed by atoms with van der Waals surface area (Å²) in [5.74, 6) is 2.51. The Morgan fingerprint density at radius 1 is 0.462 bits per heavy atom. The zero-order valence-electron chi connectivity index (χ0n) is 17.7. The maximum absolute atomic E-state index is 9.93. The second-order valence-electron chi connectivity index (χ2n) is 8.19. The molecule has 2 heteroatoms. The predicted octanol–water partition coefficient (Wildman–Crippen LogP) is 7.28. The minimum atomic E-state index is 0.388. The van der Waals surface area contributed by atoms with Gasteiger partial charge < -0.3 is 10.2 Å². The summed E-state index contributed by atoms with van der Waals surface area (Å²) in [7, 11) is 0. The van der Waals surface area contributed by atoms with Crippen molar-refractivity contribution in [2.24, 2.45) is 0 Å². The van der Waals surface area contributed by atoms with Crippen LogP contribution in [0.15, 0.2) is 36.4 Å². The number of hydrogen-bond acceptors (Lipinski definition) is 2. The van der Waals surface area contributed by atoms with Crippen LogP contribution >= 0.6 is 0 Å². The Balaban J connectivity index is 0.000000260. The number of aromatic hydroxyl groups is 2. The molecule has 2 aromatic rings. The minimum Gasteiger partial charge on any atom is -0.507 e. The van der Waals surface area contributed by atoms with Crippen LogP contribution in [0.25, 0.3) is 0 Å². The number of phenolic OH excluding ortho intramolecular Hbond substituents is 2. The predicted molar refractivity (Wildman–Crippen MR) is 113 cm³/mol. The first-order valence-corrected chi connectivity index (χ1v) is 9.71. The summed E-state index contributed by atoms with van der Waals surface area (Å²) in [6, 6.07) is 12.0. The fourth-order valence-corrected chi connectivity index (χ4v) is 3.02. The van der Waals surface area contributed by atoms with E-state index in [1.54, 1.807) is 0 Å². The van der Waals surface area contributed by atoms with Crippen LogP contribution in [0.4, 0.5) is 0 Å². The van der Waals surface area contributed by atoms with Gasteiger partial charge in [0.2, 0.25) is 0 Å². The average Bonchev–Trinajstić information content (AvgIpc) is 2.54. The first-order chi connectivity index (χ1) is 12.1. The normalized spacial score (nSPS) is 11.2. The Kier molecular flexibility index (Phi) is 8.20. The van der Waals surface area contributed by atoms with Crippen molar-refractivity contribution in [2.75, 3.05) is 0 Å². The van der Waals surface area contributed by atoms with Crippen LogP contribution in [0, 0.1) is 0 Å². The zero-order valence-corrected chi connectivity index (χ0v) is 17.7. The van der Waals surface area contributed by atoms with Gasteiger partial charge in [-0.2, -0.15) is 0 Å². The van der Waals surface area contributed by atoms with Gasteiger partial charge in [-0.1, -0.05) is 91.8 Å². The van der Waals surface area contributed by atoms with E-state index < -0.39 is 0 Å². The lowest BCUT2D eigenvalue weighted by Gasteiger charge is -2.14.